The van der Waals surface area contributed by atoms with E-state index in [1.54, 1.807) is 48.5 Å². The molecule has 2 aromatic carbocycles. The zero-order valence-corrected chi connectivity index (χ0v) is 17.5. The predicted octanol–water partition coefficient (Wildman–Crippen LogP) is 2.39. The summed E-state index contributed by atoms with van der Waals surface area (Å²) in [4.78, 5) is 35.8. The zero-order valence-electron chi connectivity index (χ0n) is 16.7. The van der Waals surface area contributed by atoms with Gasteiger partial charge in [0.15, 0.2) is 11.7 Å². The van der Waals surface area contributed by atoms with Crippen molar-refractivity contribution in [3.8, 4) is 5.75 Å². The number of benzene rings is 2. The van der Waals surface area contributed by atoms with Crippen molar-refractivity contribution >= 4 is 40.7 Å². The van der Waals surface area contributed by atoms with E-state index >= 15 is 0 Å². The molecule has 9 heteroatoms. The molecule has 0 aliphatic rings. The highest BCUT2D eigenvalue weighted by atomic mass is 32.1. The van der Waals surface area contributed by atoms with Crippen LogP contribution in [0.25, 0.3) is 0 Å². The van der Waals surface area contributed by atoms with Gasteiger partial charge in [0.2, 0.25) is 5.91 Å². The number of hydrogen-bond donors (Lipinski definition) is 4. The molecule has 8 nitrogen and oxygen atoms in total. The average molecular weight is 429 g/mol. The Morgan fingerprint density at radius 2 is 1.60 bits per heavy atom. The van der Waals surface area contributed by atoms with Crippen molar-refractivity contribution in [2.45, 2.75) is 20.3 Å². The molecule has 4 N–H and O–H groups in total. The summed E-state index contributed by atoms with van der Waals surface area (Å²) in [6.45, 7) is 3.70. The number of anilines is 1. The number of ether oxygens (including phenoxy) is 1. The predicted molar refractivity (Wildman–Crippen MR) is 118 cm³/mol. The number of hydrogen-bond acceptors (Lipinski definition) is 5. The van der Waals surface area contributed by atoms with Crippen molar-refractivity contribution in [3.05, 3.63) is 60.2 Å². The van der Waals surface area contributed by atoms with E-state index in [0.717, 1.165) is 0 Å². The third-order valence-electron chi connectivity index (χ3n) is 3.68. The number of hydrazine groups is 1. The van der Waals surface area contributed by atoms with Crippen LogP contribution in [-0.4, -0.2) is 29.4 Å². The van der Waals surface area contributed by atoms with Gasteiger partial charge in [-0.1, -0.05) is 32.0 Å². The largest absolute Gasteiger partial charge is 0.484 e. The highest BCUT2D eigenvalue weighted by Gasteiger charge is 2.10. The Labute approximate surface area is 180 Å². The lowest BCUT2D eigenvalue weighted by atomic mass is 10.1. The molecule has 0 aliphatic heterocycles. The molecule has 0 aliphatic carbocycles. The van der Waals surface area contributed by atoms with Crippen LogP contribution in [0.1, 0.15) is 30.6 Å². The van der Waals surface area contributed by atoms with Gasteiger partial charge in [0.05, 0.1) is 0 Å². The second kappa shape index (κ2) is 11.5. The highest BCUT2D eigenvalue weighted by molar-refractivity contribution is 7.80. The molecule has 0 radical (unpaired) electrons. The van der Waals surface area contributed by atoms with E-state index < -0.39 is 11.8 Å². The molecule has 0 saturated carbocycles. The summed E-state index contributed by atoms with van der Waals surface area (Å²) in [5.41, 5.74) is 5.80. The van der Waals surface area contributed by atoms with E-state index in [2.05, 4.69) is 21.5 Å². The van der Waals surface area contributed by atoms with Crippen LogP contribution in [0.5, 0.6) is 5.75 Å². The van der Waals surface area contributed by atoms with Crippen LogP contribution < -0.4 is 26.2 Å². The molecule has 2 rings (SSSR count). The molecule has 0 fully saturated rings. The van der Waals surface area contributed by atoms with Gasteiger partial charge in [-0.15, -0.1) is 0 Å². The zero-order chi connectivity index (χ0) is 21.9. The maximum absolute atomic E-state index is 12.2. The maximum Gasteiger partial charge on any atom is 0.269 e. The average Bonchev–Trinajstić information content (AvgIpc) is 2.71. The summed E-state index contributed by atoms with van der Waals surface area (Å²) in [6.07, 6.45) is 0.422. The fraction of sp³-hybridized carbons (Fsp3) is 0.238. The number of nitrogens with one attached hydrogen (secondary N) is 4. The lowest BCUT2D eigenvalue weighted by Gasteiger charge is -2.12. The molecular weight excluding hydrogens is 404 g/mol. The molecule has 2 aromatic rings. The molecule has 0 bridgehead atoms. The number of thiocarbonyl (C=S) groups is 1. The first-order valence-corrected chi connectivity index (χ1v) is 9.72. The summed E-state index contributed by atoms with van der Waals surface area (Å²) in [7, 11) is 0. The second-order valence-electron chi connectivity index (χ2n) is 6.78. The summed E-state index contributed by atoms with van der Waals surface area (Å²) in [5, 5.41) is 5.10. The third-order valence-corrected chi connectivity index (χ3v) is 3.88. The van der Waals surface area contributed by atoms with Gasteiger partial charge >= 0.3 is 0 Å². The monoisotopic (exact) mass is 428 g/mol. The van der Waals surface area contributed by atoms with E-state index in [4.69, 9.17) is 17.0 Å². The van der Waals surface area contributed by atoms with E-state index in [1.807, 2.05) is 19.9 Å². The summed E-state index contributed by atoms with van der Waals surface area (Å²) >= 11 is 4.97. The van der Waals surface area contributed by atoms with Crippen molar-refractivity contribution in [2.75, 3.05) is 11.9 Å². The number of para-hydroxylation sites is 1. The van der Waals surface area contributed by atoms with Crippen molar-refractivity contribution in [3.63, 3.8) is 0 Å². The summed E-state index contributed by atoms with van der Waals surface area (Å²) in [5.74, 6) is -0.181. The molecule has 0 spiro atoms. The molecule has 0 unspecified atom stereocenters. The maximum atomic E-state index is 12.2. The molecule has 0 saturated heterocycles. The molecule has 0 atom stereocenters. The molecule has 0 heterocycles. The van der Waals surface area contributed by atoms with Gasteiger partial charge in [-0.25, -0.2) is 0 Å². The minimum Gasteiger partial charge on any atom is -0.484 e. The molecule has 158 valence electrons. The quantitative estimate of drug-likeness (QED) is 0.398. The first-order valence-electron chi connectivity index (χ1n) is 9.31. The van der Waals surface area contributed by atoms with Crippen molar-refractivity contribution < 1.29 is 19.1 Å². The number of amides is 3. The fourth-order valence-corrected chi connectivity index (χ4v) is 2.50. The Balaban J connectivity index is 1.73. The normalized spacial score (nSPS) is 10.1. The molecule has 3 amide bonds. The minimum atomic E-state index is -0.466. The smallest absolute Gasteiger partial charge is 0.269 e. The van der Waals surface area contributed by atoms with Crippen LogP contribution in [0.2, 0.25) is 0 Å². The Hall–Kier alpha value is -3.46. The van der Waals surface area contributed by atoms with E-state index in [0.29, 0.717) is 23.4 Å². The van der Waals surface area contributed by atoms with Gasteiger partial charge in [0.1, 0.15) is 5.75 Å². The first kappa shape index (κ1) is 22.8. The van der Waals surface area contributed by atoms with Crippen molar-refractivity contribution in [1.82, 2.24) is 16.2 Å². The fourth-order valence-electron chi connectivity index (χ4n) is 2.33. The van der Waals surface area contributed by atoms with Crippen molar-refractivity contribution in [1.29, 1.82) is 0 Å². The minimum absolute atomic E-state index is 0.0671. The van der Waals surface area contributed by atoms with Crippen LogP contribution in [0, 0.1) is 5.92 Å². The van der Waals surface area contributed by atoms with Crippen LogP contribution in [0.3, 0.4) is 0 Å². The Morgan fingerprint density at radius 3 is 2.23 bits per heavy atom. The second-order valence-corrected chi connectivity index (χ2v) is 7.19. The molecular formula is C21H24N4O4S. The molecule has 30 heavy (non-hydrogen) atoms. The topological polar surface area (TPSA) is 109 Å². The SMILES string of the molecule is CC(C)CC(=O)Nc1ccc(C(=O)NNC(=S)NC(=O)COc2ccccc2)cc1. The van der Waals surface area contributed by atoms with Gasteiger partial charge in [-0.05, 0) is 54.5 Å². The number of rotatable bonds is 7. The first-order chi connectivity index (χ1) is 14.3. The van der Waals surface area contributed by atoms with Gasteiger partial charge in [-0.3, -0.25) is 30.6 Å². The lowest BCUT2D eigenvalue weighted by molar-refractivity contribution is -0.121. The summed E-state index contributed by atoms with van der Waals surface area (Å²) in [6, 6.07) is 15.3. The number of carbonyl (C=O) groups is 3. The molecule has 0 aromatic heterocycles. The van der Waals surface area contributed by atoms with E-state index in [9.17, 15) is 14.4 Å². The van der Waals surface area contributed by atoms with Crippen LogP contribution in [0.4, 0.5) is 5.69 Å². The van der Waals surface area contributed by atoms with Crippen LogP contribution >= 0.6 is 12.2 Å². The van der Waals surface area contributed by atoms with Gasteiger partial charge in [0.25, 0.3) is 11.8 Å². The number of carbonyl (C=O) groups excluding carboxylic acids is 3. The van der Waals surface area contributed by atoms with Crippen LogP contribution in [-0.2, 0) is 9.59 Å². The third kappa shape index (κ3) is 8.27. The van der Waals surface area contributed by atoms with Gasteiger partial charge in [0, 0.05) is 17.7 Å². The van der Waals surface area contributed by atoms with Gasteiger partial charge in [-0.2, -0.15) is 0 Å². The van der Waals surface area contributed by atoms with E-state index in [-0.39, 0.29) is 23.5 Å². The van der Waals surface area contributed by atoms with Crippen molar-refractivity contribution in [2.24, 2.45) is 5.92 Å². The highest BCUT2D eigenvalue weighted by Crippen LogP contribution is 2.11. The standard InChI is InChI=1S/C21H24N4O4S/c1-14(2)12-18(26)22-16-10-8-15(9-11-16)20(28)24-25-21(30)23-19(27)13-29-17-6-4-3-5-7-17/h3-11,14H,12-13H2,1-2H3,(H,22,26)(H,24,28)(H2,23,25,27,30). The van der Waals surface area contributed by atoms with E-state index in [1.165, 1.54) is 0 Å². The Kier molecular flexibility index (Phi) is 8.76. The van der Waals surface area contributed by atoms with Gasteiger partial charge < -0.3 is 10.1 Å². The van der Waals surface area contributed by atoms with Crippen LogP contribution in [0.15, 0.2) is 54.6 Å². The summed E-state index contributed by atoms with van der Waals surface area (Å²) < 4.78 is 5.31. The lowest BCUT2D eigenvalue weighted by Crippen LogP contribution is -2.49. The Morgan fingerprint density at radius 1 is 0.933 bits per heavy atom. The Bertz CT molecular complexity index is 886.